The molecule has 0 saturated heterocycles. The van der Waals surface area contributed by atoms with E-state index < -0.39 is 0 Å². The third-order valence-electron chi connectivity index (χ3n) is 2.57. The summed E-state index contributed by atoms with van der Waals surface area (Å²) in [5.41, 5.74) is 1.03. The lowest BCUT2D eigenvalue weighted by atomic mass is 10.2. The summed E-state index contributed by atoms with van der Waals surface area (Å²) in [5.74, 6) is 0.0814. The zero-order chi connectivity index (χ0) is 12.7. The van der Waals surface area contributed by atoms with Gasteiger partial charge in [-0.3, -0.25) is 9.78 Å². The van der Waals surface area contributed by atoms with Crippen LogP contribution in [-0.2, 0) is 11.3 Å². The van der Waals surface area contributed by atoms with Crippen molar-refractivity contribution in [2.24, 2.45) is 0 Å². The number of aliphatic hydroxyl groups excluding tert-OH is 1. The van der Waals surface area contributed by atoms with Gasteiger partial charge in [-0.15, -0.1) is 0 Å². The van der Waals surface area contributed by atoms with Crippen LogP contribution in [-0.4, -0.2) is 33.5 Å². The zero-order valence-corrected chi connectivity index (χ0v) is 10.5. The third kappa shape index (κ3) is 4.53. The Morgan fingerprint density at radius 3 is 2.82 bits per heavy atom. The number of pyridine rings is 1. The van der Waals surface area contributed by atoms with E-state index in [4.69, 9.17) is 5.11 Å². The number of carbonyl (C=O) groups is 1. The van der Waals surface area contributed by atoms with Crippen LogP contribution in [0.4, 0.5) is 0 Å². The van der Waals surface area contributed by atoms with Crippen LogP contribution in [0.15, 0.2) is 24.5 Å². The summed E-state index contributed by atoms with van der Waals surface area (Å²) in [5, 5.41) is 8.74. The molecule has 0 saturated carbocycles. The van der Waals surface area contributed by atoms with Crippen molar-refractivity contribution in [3.05, 3.63) is 30.1 Å². The molecule has 4 heteroatoms. The van der Waals surface area contributed by atoms with Gasteiger partial charge in [0, 0.05) is 38.0 Å². The van der Waals surface area contributed by atoms with Crippen LogP contribution in [0.1, 0.15) is 32.3 Å². The highest BCUT2D eigenvalue weighted by Crippen LogP contribution is 2.09. The Balaban J connectivity index is 2.63. The first-order valence-corrected chi connectivity index (χ1v) is 5.94. The van der Waals surface area contributed by atoms with Crippen molar-refractivity contribution in [3.63, 3.8) is 0 Å². The van der Waals surface area contributed by atoms with E-state index in [1.807, 2.05) is 30.9 Å². The molecule has 0 aromatic carbocycles. The van der Waals surface area contributed by atoms with Gasteiger partial charge in [0.1, 0.15) is 0 Å². The molecule has 0 aliphatic heterocycles. The highest BCUT2D eigenvalue weighted by molar-refractivity contribution is 5.76. The molecule has 0 fully saturated rings. The van der Waals surface area contributed by atoms with Crippen LogP contribution < -0.4 is 0 Å². The minimum Gasteiger partial charge on any atom is -0.396 e. The lowest BCUT2D eigenvalue weighted by Crippen LogP contribution is -2.36. The number of aliphatic hydroxyl groups is 1. The summed E-state index contributed by atoms with van der Waals surface area (Å²) in [6.45, 7) is 4.63. The highest BCUT2D eigenvalue weighted by Gasteiger charge is 2.16. The van der Waals surface area contributed by atoms with Gasteiger partial charge in [-0.2, -0.15) is 0 Å². The normalized spacial score (nSPS) is 10.6. The molecule has 0 bridgehead atoms. The highest BCUT2D eigenvalue weighted by atomic mass is 16.3. The molecule has 0 aliphatic carbocycles. The maximum absolute atomic E-state index is 11.9. The van der Waals surface area contributed by atoms with Crippen molar-refractivity contribution >= 4 is 5.91 Å². The second kappa shape index (κ2) is 7.01. The van der Waals surface area contributed by atoms with Crippen molar-refractivity contribution in [2.45, 2.75) is 39.3 Å². The second-order valence-corrected chi connectivity index (χ2v) is 4.30. The van der Waals surface area contributed by atoms with Crippen LogP contribution in [0.3, 0.4) is 0 Å². The summed E-state index contributed by atoms with van der Waals surface area (Å²) >= 11 is 0. The molecule has 1 aromatic rings. The average molecular weight is 236 g/mol. The molecule has 0 atom stereocenters. The van der Waals surface area contributed by atoms with Crippen molar-refractivity contribution in [1.82, 2.24) is 9.88 Å². The van der Waals surface area contributed by atoms with Gasteiger partial charge in [0.05, 0.1) is 0 Å². The maximum Gasteiger partial charge on any atom is 0.223 e. The first-order valence-electron chi connectivity index (χ1n) is 5.94. The topological polar surface area (TPSA) is 53.4 Å². The molecule has 17 heavy (non-hydrogen) atoms. The molecule has 1 aromatic heterocycles. The largest absolute Gasteiger partial charge is 0.396 e. The molecule has 0 spiro atoms. The van der Waals surface area contributed by atoms with Crippen LogP contribution in [0.5, 0.6) is 0 Å². The lowest BCUT2D eigenvalue weighted by molar-refractivity contribution is -0.133. The van der Waals surface area contributed by atoms with Crippen LogP contribution in [0.2, 0.25) is 0 Å². The van der Waals surface area contributed by atoms with E-state index in [1.54, 1.807) is 12.4 Å². The van der Waals surface area contributed by atoms with Crippen molar-refractivity contribution in [1.29, 1.82) is 0 Å². The number of carbonyl (C=O) groups excluding carboxylic acids is 1. The molecule has 94 valence electrons. The number of rotatable bonds is 6. The van der Waals surface area contributed by atoms with Crippen molar-refractivity contribution in [3.8, 4) is 0 Å². The molecule has 1 N–H and O–H groups in total. The van der Waals surface area contributed by atoms with Crippen molar-refractivity contribution in [2.75, 3.05) is 6.61 Å². The Morgan fingerprint density at radius 2 is 2.29 bits per heavy atom. The number of hydrogen-bond donors (Lipinski definition) is 1. The fraction of sp³-hybridized carbons (Fsp3) is 0.538. The number of hydrogen-bond acceptors (Lipinski definition) is 3. The van der Waals surface area contributed by atoms with Gasteiger partial charge < -0.3 is 10.0 Å². The SMILES string of the molecule is CC(C)N(Cc1cccnc1)C(=O)CCCO. The van der Waals surface area contributed by atoms with E-state index in [1.165, 1.54) is 0 Å². The van der Waals surface area contributed by atoms with Gasteiger partial charge in [0.25, 0.3) is 0 Å². The summed E-state index contributed by atoms with van der Waals surface area (Å²) in [6.07, 6.45) is 4.41. The quantitative estimate of drug-likeness (QED) is 0.816. The Bertz CT molecular complexity index is 339. The van der Waals surface area contributed by atoms with Crippen molar-refractivity contribution < 1.29 is 9.90 Å². The Morgan fingerprint density at radius 1 is 1.53 bits per heavy atom. The molecular formula is C13H20N2O2. The molecule has 0 aliphatic rings. The van der Waals surface area contributed by atoms with Gasteiger partial charge in [-0.1, -0.05) is 6.07 Å². The molecule has 1 amide bonds. The molecule has 4 nitrogen and oxygen atoms in total. The van der Waals surface area contributed by atoms with Crippen LogP contribution >= 0.6 is 0 Å². The number of aromatic nitrogens is 1. The second-order valence-electron chi connectivity index (χ2n) is 4.30. The maximum atomic E-state index is 11.9. The third-order valence-corrected chi connectivity index (χ3v) is 2.57. The Hall–Kier alpha value is -1.42. The first-order chi connectivity index (χ1) is 8.15. The number of amides is 1. The van der Waals surface area contributed by atoms with E-state index in [0.29, 0.717) is 19.4 Å². The predicted molar refractivity (Wildman–Crippen MR) is 66.2 cm³/mol. The Labute approximate surface area is 102 Å². The smallest absolute Gasteiger partial charge is 0.223 e. The van der Waals surface area contributed by atoms with Crippen LogP contribution in [0, 0.1) is 0 Å². The number of nitrogens with zero attached hydrogens (tertiary/aromatic N) is 2. The van der Waals surface area contributed by atoms with Gasteiger partial charge in [0.15, 0.2) is 0 Å². The minimum atomic E-state index is 0.0601. The summed E-state index contributed by atoms with van der Waals surface area (Å²) in [7, 11) is 0. The van der Waals surface area contributed by atoms with Crippen LogP contribution in [0.25, 0.3) is 0 Å². The molecule has 0 unspecified atom stereocenters. The van der Waals surface area contributed by atoms with Gasteiger partial charge in [-0.25, -0.2) is 0 Å². The minimum absolute atomic E-state index is 0.0601. The average Bonchev–Trinajstić information content (AvgIpc) is 2.34. The zero-order valence-electron chi connectivity index (χ0n) is 10.5. The first kappa shape index (κ1) is 13.6. The van der Waals surface area contributed by atoms with E-state index >= 15 is 0 Å². The lowest BCUT2D eigenvalue weighted by Gasteiger charge is -2.26. The molecular weight excluding hydrogens is 216 g/mol. The predicted octanol–water partition coefficient (Wildman–Crippen LogP) is 1.59. The fourth-order valence-corrected chi connectivity index (χ4v) is 1.62. The van der Waals surface area contributed by atoms with E-state index in [2.05, 4.69) is 4.98 Å². The monoisotopic (exact) mass is 236 g/mol. The van der Waals surface area contributed by atoms with Gasteiger partial charge in [0.2, 0.25) is 5.91 Å². The molecule has 0 radical (unpaired) electrons. The van der Waals surface area contributed by atoms with Gasteiger partial charge >= 0.3 is 0 Å². The van der Waals surface area contributed by atoms with Gasteiger partial charge in [-0.05, 0) is 31.9 Å². The standard InChI is InChI=1S/C13H20N2O2/c1-11(2)15(13(17)6-4-8-16)10-12-5-3-7-14-9-12/h3,5,7,9,11,16H,4,6,8,10H2,1-2H3. The van der Waals surface area contributed by atoms with E-state index in [0.717, 1.165) is 5.56 Å². The summed E-state index contributed by atoms with van der Waals surface area (Å²) in [6, 6.07) is 3.98. The summed E-state index contributed by atoms with van der Waals surface area (Å²) in [4.78, 5) is 17.8. The molecule has 1 heterocycles. The van der Waals surface area contributed by atoms with E-state index in [-0.39, 0.29) is 18.6 Å². The molecule has 1 rings (SSSR count). The van der Waals surface area contributed by atoms with E-state index in [9.17, 15) is 4.79 Å². The Kier molecular flexibility index (Phi) is 5.63. The fourth-order valence-electron chi connectivity index (χ4n) is 1.62. The summed E-state index contributed by atoms with van der Waals surface area (Å²) < 4.78 is 0.